The molecule has 1 heterocycles. The van der Waals surface area contributed by atoms with Gasteiger partial charge in [0.05, 0.1) is 12.1 Å². The van der Waals surface area contributed by atoms with E-state index in [4.69, 9.17) is 0 Å². The summed E-state index contributed by atoms with van der Waals surface area (Å²) >= 11 is 0. The number of nitrogens with zero attached hydrogens (tertiary/aromatic N) is 2. The van der Waals surface area contributed by atoms with Crippen molar-refractivity contribution in [2.75, 3.05) is 26.0 Å². The maximum absolute atomic E-state index is 13.1. The molecule has 3 rings (SSSR count). The number of aromatic nitrogens is 2. The van der Waals surface area contributed by atoms with Crippen LogP contribution in [0.15, 0.2) is 16.9 Å². The lowest BCUT2D eigenvalue weighted by Gasteiger charge is -2.27. The van der Waals surface area contributed by atoms with E-state index in [-0.39, 0.29) is 0 Å². The van der Waals surface area contributed by atoms with Crippen LogP contribution in [0.1, 0.15) is 78.7 Å². The Hall–Kier alpha value is -2.75. The minimum atomic E-state index is -4.71. The Morgan fingerprint density at radius 1 is 1.17 bits per heavy atom. The van der Waals surface area contributed by atoms with E-state index < -0.39 is 35.4 Å². The third kappa shape index (κ3) is 7.62. The number of aromatic amines is 1. The van der Waals surface area contributed by atoms with Gasteiger partial charge in [0.25, 0.3) is 11.5 Å². The van der Waals surface area contributed by atoms with Crippen LogP contribution in [-0.2, 0) is 26.2 Å². The topological polar surface area (TPSA) is 82.2 Å². The molecule has 2 aromatic rings. The molecular weight excluding hydrogens is 471 g/mol. The summed E-state index contributed by atoms with van der Waals surface area (Å²) in [5.41, 5.74) is 0.300. The van der Waals surface area contributed by atoms with Gasteiger partial charge in [0.2, 0.25) is 0 Å². The van der Waals surface area contributed by atoms with Crippen molar-refractivity contribution < 1.29 is 18.0 Å². The van der Waals surface area contributed by atoms with Gasteiger partial charge in [0.15, 0.2) is 0 Å². The normalized spacial score (nSPS) is 14.4. The van der Waals surface area contributed by atoms with Crippen LogP contribution in [0.2, 0.25) is 0 Å². The second kappa shape index (κ2) is 13.0. The summed E-state index contributed by atoms with van der Waals surface area (Å²) in [6.45, 7) is 5.79. The molecule has 7 nitrogen and oxygen atoms in total. The van der Waals surface area contributed by atoms with Crippen molar-refractivity contribution in [3.8, 4) is 0 Å². The first-order chi connectivity index (χ1) is 16.9. The predicted molar refractivity (Wildman–Crippen MR) is 137 cm³/mol. The smallest absolute Gasteiger partial charge is 0.385 e. The van der Waals surface area contributed by atoms with E-state index in [2.05, 4.69) is 29.6 Å². The van der Waals surface area contributed by atoms with Crippen molar-refractivity contribution >= 4 is 11.6 Å². The Morgan fingerprint density at radius 2 is 1.81 bits per heavy atom. The molecule has 202 valence electrons. The molecule has 0 atom stereocenters. The number of halogens is 3. The minimum absolute atomic E-state index is 0.367. The maximum atomic E-state index is 13.1. The standard InChI is InChI=1S/C18H23F3N4O2.C8H17N/c1-5-11-7-12(10(3)14(8-11)22-6-2)16(26)23-9-13-15(18(19,20)21)24-25(4)17(13)27;1-9(2)8-6-4-3-5-7-8/h7-8,22,24H,5-6,9H2,1-4H3,(H,23,26);8H,3-7H2,1-2H3. The number of alkyl halides is 3. The number of carbonyl (C=O) groups excluding carboxylic acids is 1. The molecule has 1 aromatic carbocycles. The zero-order valence-electron chi connectivity index (χ0n) is 22.2. The van der Waals surface area contributed by atoms with Gasteiger partial charge < -0.3 is 15.5 Å². The van der Waals surface area contributed by atoms with E-state index >= 15 is 0 Å². The van der Waals surface area contributed by atoms with Crippen LogP contribution in [0.4, 0.5) is 18.9 Å². The van der Waals surface area contributed by atoms with Gasteiger partial charge in [-0.1, -0.05) is 26.2 Å². The summed E-state index contributed by atoms with van der Waals surface area (Å²) in [6.07, 6.45) is 3.20. The fraction of sp³-hybridized carbons (Fsp3) is 0.615. The van der Waals surface area contributed by atoms with Gasteiger partial charge in [-0.2, -0.15) is 13.2 Å². The zero-order valence-corrected chi connectivity index (χ0v) is 22.2. The molecule has 1 amide bonds. The number of hydrogen-bond donors (Lipinski definition) is 3. The molecule has 0 unspecified atom stereocenters. The second-order valence-corrected chi connectivity index (χ2v) is 9.47. The summed E-state index contributed by atoms with van der Waals surface area (Å²) in [4.78, 5) is 26.9. The molecule has 1 fully saturated rings. The van der Waals surface area contributed by atoms with Crippen LogP contribution in [0.5, 0.6) is 0 Å². The molecular formula is C26H40F3N5O2. The van der Waals surface area contributed by atoms with Crippen molar-refractivity contribution in [2.45, 2.75) is 78.1 Å². The van der Waals surface area contributed by atoms with E-state index in [1.807, 2.05) is 25.0 Å². The largest absolute Gasteiger partial charge is 0.433 e. The number of anilines is 1. The molecule has 1 aliphatic carbocycles. The van der Waals surface area contributed by atoms with Crippen LogP contribution in [0, 0.1) is 6.92 Å². The van der Waals surface area contributed by atoms with E-state index in [1.54, 1.807) is 13.0 Å². The van der Waals surface area contributed by atoms with Gasteiger partial charge in [-0.15, -0.1) is 0 Å². The second-order valence-electron chi connectivity index (χ2n) is 9.47. The molecule has 0 aliphatic heterocycles. The molecule has 0 spiro atoms. The molecule has 0 saturated heterocycles. The summed E-state index contributed by atoms with van der Waals surface area (Å²) < 4.78 is 40.0. The number of amides is 1. The van der Waals surface area contributed by atoms with Gasteiger partial charge in [-0.3, -0.25) is 19.4 Å². The monoisotopic (exact) mass is 511 g/mol. The number of H-pyrrole nitrogens is 1. The van der Waals surface area contributed by atoms with E-state index in [0.717, 1.165) is 22.0 Å². The number of benzene rings is 1. The fourth-order valence-corrected chi connectivity index (χ4v) is 4.44. The lowest BCUT2D eigenvalue weighted by Crippen LogP contribution is -2.29. The quantitative estimate of drug-likeness (QED) is 0.497. The van der Waals surface area contributed by atoms with E-state index in [9.17, 15) is 22.8 Å². The van der Waals surface area contributed by atoms with Crippen molar-refractivity contribution in [3.05, 3.63) is 50.4 Å². The first-order valence-electron chi connectivity index (χ1n) is 12.6. The van der Waals surface area contributed by atoms with Crippen LogP contribution < -0.4 is 16.2 Å². The van der Waals surface area contributed by atoms with Crippen LogP contribution in [-0.4, -0.2) is 47.3 Å². The minimum Gasteiger partial charge on any atom is -0.385 e. The number of carbonyl (C=O) groups is 1. The molecule has 1 aliphatic rings. The summed E-state index contributed by atoms with van der Waals surface area (Å²) in [7, 11) is 5.58. The first kappa shape index (κ1) is 29.5. The third-order valence-corrected chi connectivity index (χ3v) is 6.65. The highest BCUT2D eigenvalue weighted by atomic mass is 19.4. The third-order valence-electron chi connectivity index (χ3n) is 6.65. The number of rotatable bonds is 7. The van der Waals surface area contributed by atoms with Gasteiger partial charge >= 0.3 is 6.18 Å². The SMILES string of the molecule is CCNc1cc(CC)cc(C(=O)NCc2c(C(F)(F)F)[nH]n(C)c2=O)c1C.CN(C)C1CCCCC1. The van der Waals surface area contributed by atoms with E-state index in [1.165, 1.54) is 39.2 Å². The molecule has 36 heavy (non-hydrogen) atoms. The van der Waals surface area contributed by atoms with Crippen molar-refractivity contribution in [1.29, 1.82) is 0 Å². The highest BCUT2D eigenvalue weighted by molar-refractivity contribution is 5.97. The number of hydrogen-bond acceptors (Lipinski definition) is 4. The summed E-state index contributed by atoms with van der Waals surface area (Å²) in [5, 5.41) is 7.61. The lowest BCUT2D eigenvalue weighted by molar-refractivity contribution is -0.142. The molecule has 1 saturated carbocycles. The van der Waals surface area contributed by atoms with Crippen molar-refractivity contribution in [1.82, 2.24) is 20.0 Å². The Morgan fingerprint density at radius 3 is 2.31 bits per heavy atom. The van der Waals surface area contributed by atoms with Crippen molar-refractivity contribution in [2.24, 2.45) is 7.05 Å². The molecule has 0 radical (unpaired) electrons. The molecule has 1 aromatic heterocycles. The zero-order chi connectivity index (χ0) is 27.0. The average molecular weight is 512 g/mol. The highest BCUT2D eigenvalue weighted by Crippen LogP contribution is 2.29. The van der Waals surface area contributed by atoms with Gasteiger partial charge in [0.1, 0.15) is 5.69 Å². The Labute approximate surface area is 211 Å². The average Bonchev–Trinajstić information content (AvgIpc) is 3.13. The predicted octanol–water partition coefficient (Wildman–Crippen LogP) is 4.85. The maximum Gasteiger partial charge on any atom is 0.433 e. The van der Waals surface area contributed by atoms with Crippen LogP contribution in [0.25, 0.3) is 0 Å². The Bertz CT molecular complexity index is 1070. The number of aryl methyl sites for hydroxylation is 2. The van der Waals surface area contributed by atoms with Crippen molar-refractivity contribution in [3.63, 3.8) is 0 Å². The summed E-state index contributed by atoms with van der Waals surface area (Å²) in [5.74, 6) is -0.529. The number of nitrogens with one attached hydrogen (secondary N) is 3. The Balaban J connectivity index is 0.000000425. The summed E-state index contributed by atoms with van der Waals surface area (Å²) in [6, 6.07) is 4.55. The molecule has 10 heteroatoms. The molecule has 3 N–H and O–H groups in total. The lowest BCUT2D eigenvalue weighted by atomic mass is 9.95. The van der Waals surface area contributed by atoms with Gasteiger partial charge in [-0.25, -0.2) is 0 Å². The van der Waals surface area contributed by atoms with E-state index in [0.29, 0.717) is 24.1 Å². The highest BCUT2D eigenvalue weighted by Gasteiger charge is 2.37. The van der Waals surface area contributed by atoms with Crippen LogP contribution >= 0.6 is 0 Å². The fourth-order valence-electron chi connectivity index (χ4n) is 4.44. The Kier molecular flexibility index (Phi) is 10.6. The molecule has 0 bridgehead atoms. The first-order valence-corrected chi connectivity index (χ1v) is 12.6. The van der Waals surface area contributed by atoms with Gasteiger partial charge in [0, 0.05) is 30.9 Å². The van der Waals surface area contributed by atoms with Gasteiger partial charge in [-0.05, 0) is 70.5 Å². The van der Waals surface area contributed by atoms with Crippen LogP contribution in [0.3, 0.4) is 0 Å².